The van der Waals surface area contributed by atoms with Crippen molar-refractivity contribution in [2.75, 3.05) is 0 Å². The average Bonchev–Trinajstić information content (AvgIpc) is 2.76. The summed E-state index contributed by atoms with van der Waals surface area (Å²) in [6.45, 7) is 3.97. The Morgan fingerprint density at radius 1 is 1.00 bits per heavy atom. The van der Waals surface area contributed by atoms with Gasteiger partial charge in [-0.15, -0.1) is 0 Å². The zero-order valence-electron chi connectivity index (χ0n) is 8.72. The number of aliphatic hydroxyl groups is 2. The van der Waals surface area contributed by atoms with Crippen molar-refractivity contribution in [3.63, 3.8) is 0 Å². The standard InChI is InChI=1S/C12H18O2/c1-12(2)10(13)8-6-3-4-7(5-6)9(8)11(12)14/h3-4,6-11,13-14H,5H2,1-2H3/t6-,7-,8+,9+,10-,11+/m0/s1. The van der Waals surface area contributed by atoms with Gasteiger partial charge in [-0.25, -0.2) is 0 Å². The quantitative estimate of drug-likeness (QED) is 0.569. The Morgan fingerprint density at radius 3 is 1.86 bits per heavy atom. The molecule has 2 heteroatoms. The van der Waals surface area contributed by atoms with Crippen molar-refractivity contribution in [1.82, 2.24) is 0 Å². The minimum atomic E-state index is -0.331. The molecule has 0 radical (unpaired) electrons. The molecular formula is C12H18O2. The molecule has 0 aromatic rings. The summed E-state index contributed by atoms with van der Waals surface area (Å²) in [5, 5.41) is 20.5. The predicted molar refractivity (Wildman–Crippen MR) is 53.5 cm³/mol. The third-order valence-electron chi connectivity index (χ3n) is 4.84. The Bertz CT molecular complexity index is 269. The number of aliphatic hydroxyl groups excluding tert-OH is 2. The molecule has 2 N–H and O–H groups in total. The van der Waals surface area contributed by atoms with Crippen LogP contribution in [-0.2, 0) is 0 Å². The van der Waals surface area contributed by atoms with E-state index >= 15 is 0 Å². The number of fused-ring (bicyclic) bond motifs is 5. The predicted octanol–water partition coefficient (Wildman–Crippen LogP) is 1.19. The van der Waals surface area contributed by atoms with Crippen molar-refractivity contribution in [2.45, 2.75) is 32.5 Å². The summed E-state index contributed by atoms with van der Waals surface area (Å²) >= 11 is 0. The van der Waals surface area contributed by atoms with E-state index < -0.39 is 0 Å². The highest BCUT2D eigenvalue weighted by Gasteiger charge is 2.62. The molecule has 0 unspecified atom stereocenters. The SMILES string of the molecule is CC1(C)[C@H](O)[C@H]2[C@@H]([C@H]3C=C[C@H]2C3)[C@@H]1O. The van der Waals surface area contributed by atoms with E-state index in [-0.39, 0.29) is 17.6 Å². The molecule has 2 nitrogen and oxygen atoms in total. The van der Waals surface area contributed by atoms with Gasteiger partial charge < -0.3 is 10.2 Å². The number of hydrogen-bond acceptors (Lipinski definition) is 2. The Hall–Kier alpha value is -0.340. The molecule has 14 heavy (non-hydrogen) atoms. The van der Waals surface area contributed by atoms with Crippen LogP contribution in [0.5, 0.6) is 0 Å². The zero-order chi connectivity index (χ0) is 10.1. The van der Waals surface area contributed by atoms with E-state index in [0.29, 0.717) is 23.7 Å². The molecule has 0 saturated heterocycles. The fraction of sp³-hybridized carbons (Fsp3) is 0.833. The second kappa shape index (κ2) is 2.42. The number of hydrogen-bond donors (Lipinski definition) is 2. The van der Waals surface area contributed by atoms with Crippen LogP contribution in [0, 0.1) is 29.1 Å². The van der Waals surface area contributed by atoms with Crippen LogP contribution < -0.4 is 0 Å². The van der Waals surface area contributed by atoms with Gasteiger partial charge in [0, 0.05) is 5.41 Å². The maximum Gasteiger partial charge on any atom is 0.0653 e. The highest BCUT2D eigenvalue weighted by atomic mass is 16.3. The molecule has 2 saturated carbocycles. The first-order valence-corrected chi connectivity index (χ1v) is 5.58. The Morgan fingerprint density at radius 2 is 1.43 bits per heavy atom. The lowest BCUT2D eigenvalue weighted by molar-refractivity contribution is -0.0195. The summed E-state index contributed by atoms with van der Waals surface area (Å²) in [4.78, 5) is 0. The second-order valence-electron chi connectivity index (χ2n) is 5.81. The molecule has 3 aliphatic carbocycles. The lowest BCUT2D eigenvalue weighted by Crippen LogP contribution is -2.36. The van der Waals surface area contributed by atoms with E-state index in [2.05, 4.69) is 12.2 Å². The lowest BCUT2D eigenvalue weighted by atomic mass is 9.82. The van der Waals surface area contributed by atoms with E-state index in [9.17, 15) is 10.2 Å². The van der Waals surface area contributed by atoms with E-state index in [1.54, 1.807) is 0 Å². The van der Waals surface area contributed by atoms with Crippen molar-refractivity contribution in [1.29, 1.82) is 0 Å². The third kappa shape index (κ3) is 0.801. The fourth-order valence-corrected chi connectivity index (χ4v) is 3.95. The summed E-state index contributed by atoms with van der Waals surface area (Å²) in [5.41, 5.74) is -0.321. The highest BCUT2D eigenvalue weighted by Crippen LogP contribution is 2.60. The molecule has 2 bridgehead atoms. The van der Waals surface area contributed by atoms with Crippen molar-refractivity contribution in [3.8, 4) is 0 Å². The lowest BCUT2D eigenvalue weighted by Gasteiger charge is -2.29. The van der Waals surface area contributed by atoms with Crippen LogP contribution in [0.15, 0.2) is 12.2 Å². The molecule has 3 aliphatic rings. The minimum Gasteiger partial charge on any atom is -0.392 e. The first-order chi connectivity index (χ1) is 6.53. The Labute approximate surface area is 84.6 Å². The molecule has 6 atom stereocenters. The molecule has 0 aromatic heterocycles. The van der Waals surface area contributed by atoms with Crippen LogP contribution in [0.4, 0.5) is 0 Å². The molecule has 2 fully saturated rings. The van der Waals surface area contributed by atoms with Crippen LogP contribution in [0.3, 0.4) is 0 Å². The van der Waals surface area contributed by atoms with Gasteiger partial charge in [0.05, 0.1) is 12.2 Å². The number of rotatable bonds is 0. The number of allylic oxidation sites excluding steroid dienone is 2. The summed E-state index contributed by atoms with van der Waals surface area (Å²) in [6.07, 6.45) is 4.97. The normalized spacial score (nSPS) is 58.0. The molecule has 0 spiro atoms. The molecule has 0 aromatic carbocycles. The molecule has 0 heterocycles. The molecular weight excluding hydrogens is 176 g/mol. The van der Waals surface area contributed by atoms with Gasteiger partial charge in [-0.05, 0) is 30.1 Å². The first-order valence-electron chi connectivity index (χ1n) is 5.58. The molecule has 0 amide bonds. The van der Waals surface area contributed by atoms with Gasteiger partial charge in [-0.2, -0.15) is 0 Å². The Balaban J connectivity index is 2.02. The molecule has 0 aliphatic heterocycles. The van der Waals surface area contributed by atoms with Gasteiger partial charge >= 0.3 is 0 Å². The molecule has 78 valence electrons. The van der Waals surface area contributed by atoms with Crippen LogP contribution in [0.25, 0.3) is 0 Å². The van der Waals surface area contributed by atoms with Gasteiger partial charge in [-0.3, -0.25) is 0 Å². The largest absolute Gasteiger partial charge is 0.392 e. The maximum absolute atomic E-state index is 10.2. The average molecular weight is 194 g/mol. The van der Waals surface area contributed by atoms with Gasteiger partial charge in [0.25, 0.3) is 0 Å². The zero-order valence-corrected chi connectivity index (χ0v) is 8.72. The van der Waals surface area contributed by atoms with Gasteiger partial charge in [0.1, 0.15) is 0 Å². The summed E-state index contributed by atoms with van der Waals surface area (Å²) in [6, 6.07) is 0. The fourth-order valence-electron chi connectivity index (χ4n) is 3.95. The van der Waals surface area contributed by atoms with E-state index in [0.717, 1.165) is 6.42 Å². The van der Waals surface area contributed by atoms with Gasteiger partial charge in [-0.1, -0.05) is 26.0 Å². The van der Waals surface area contributed by atoms with Crippen molar-refractivity contribution in [2.24, 2.45) is 29.1 Å². The van der Waals surface area contributed by atoms with E-state index in [1.807, 2.05) is 13.8 Å². The van der Waals surface area contributed by atoms with E-state index in [4.69, 9.17) is 0 Å². The second-order valence-corrected chi connectivity index (χ2v) is 5.81. The van der Waals surface area contributed by atoms with Gasteiger partial charge in [0.2, 0.25) is 0 Å². The first kappa shape index (κ1) is 8.93. The summed E-state index contributed by atoms with van der Waals surface area (Å²) in [5.74, 6) is 1.68. The van der Waals surface area contributed by atoms with Crippen molar-refractivity contribution < 1.29 is 10.2 Å². The molecule has 3 rings (SSSR count). The van der Waals surface area contributed by atoms with E-state index in [1.165, 1.54) is 0 Å². The van der Waals surface area contributed by atoms with Crippen LogP contribution in [0.2, 0.25) is 0 Å². The monoisotopic (exact) mass is 194 g/mol. The van der Waals surface area contributed by atoms with Crippen LogP contribution in [-0.4, -0.2) is 22.4 Å². The minimum absolute atomic E-state index is 0.315. The Kier molecular flexibility index (Phi) is 1.54. The third-order valence-corrected chi connectivity index (χ3v) is 4.84. The van der Waals surface area contributed by atoms with Crippen LogP contribution >= 0.6 is 0 Å². The smallest absolute Gasteiger partial charge is 0.0653 e. The van der Waals surface area contributed by atoms with Crippen LogP contribution in [0.1, 0.15) is 20.3 Å². The van der Waals surface area contributed by atoms with Gasteiger partial charge in [0.15, 0.2) is 0 Å². The summed E-state index contributed by atoms with van der Waals surface area (Å²) in [7, 11) is 0. The topological polar surface area (TPSA) is 40.5 Å². The summed E-state index contributed by atoms with van der Waals surface area (Å²) < 4.78 is 0. The van der Waals surface area contributed by atoms with Crippen molar-refractivity contribution in [3.05, 3.63) is 12.2 Å². The maximum atomic E-state index is 10.2. The highest BCUT2D eigenvalue weighted by molar-refractivity contribution is 5.21. The van der Waals surface area contributed by atoms with Crippen molar-refractivity contribution >= 4 is 0 Å².